The number of pyridine rings is 2. The number of rotatable bonds is 2. The second kappa shape index (κ2) is 7.59. The Labute approximate surface area is 223 Å². The Bertz CT molecular complexity index is 2390. The summed E-state index contributed by atoms with van der Waals surface area (Å²) in [4.78, 5) is 4.48. The molecule has 0 atom stereocenters. The summed E-state index contributed by atoms with van der Waals surface area (Å²) in [5.41, 5.74) is 9.96. The average Bonchev–Trinajstić information content (AvgIpc) is 3.65. The molecule has 0 bridgehead atoms. The number of fused-ring (bicyclic) bond motifs is 10. The molecule has 0 aliphatic carbocycles. The number of furan rings is 1. The maximum Gasteiger partial charge on any atom is 0.135 e. The summed E-state index contributed by atoms with van der Waals surface area (Å²) < 4.78 is 10.9. The van der Waals surface area contributed by atoms with E-state index in [2.05, 4.69) is 111 Å². The molecule has 0 N–H and O–H groups in total. The smallest absolute Gasteiger partial charge is 0.135 e. The van der Waals surface area contributed by atoms with Gasteiger partial charge in [0, 0.05) is 44.9 Å². The van der Waals surface area contributed by atoms with Crippen LogP contribution in [0.4, 0.5) is 0 Å². The highest BCUT2D eigenvalue weighted by molar-refractivity contribution is 6.21. The maximum absolute atomic E-state index is 6.17. The Morgan fingerprint density at radius 1 is 0.564 bits per heavy atom. The van der Waals surface area contributed by atoms with Crippen LogP contribution in [0.5, 0.6) is 0 Å². The highest BCUT2D eigenvalue weighted by atomic mass is 16.3. The molecule has 0 saturated heterocycles. The number of benzene rings is 4. The van der Waals surface area contributed by atoms with Crippen LogP contribution in [0.3, 0.4) is 0 Å². The molecule has 5 aromatic heterocycles. The maximum atomic E-state index is 6.17. The lowest BCUT2D eigenvalue weighted by molar-refractivity contribution is 0.669. The first-order valence-electron chi connectivity index (χ1n) is 13.1. The predicted molar refractivity (Wildman–Crippen MR) is 160 cm³/mol. The molecule has 0 radical (unpaired) electrons. The van der Waals surface area contributed by atoms with Gasteiger partial charge in [0.1, 0.15) is 11.2 Å². The molecule has 9 rings (SSSR count). The van der Waals surface area contributed by atoms with E-state index in [-0.39, 0.29) is 0 Å². The summed E-state index contributed by atoms with van der Waals surface area (Å²) in [5, 5.41) is 5.94. The molecule has 0 aliphatic rings. The molecule has 4 heteroatoms. The van der Waals surface area contributed by atoms with Gasteiger partial charge in [-0.1, -0.05) is 60.7 Å². The van der Waals surface area contributed by atoms with Gasteiger partial charge in [-0.3, -0.25) is 4.98 Å². The van der Waals surface area contributed by atoms with Crippen molar-refractivity contribution < 1.29 is 4.42 Å². The summed E-state index contributed by atoms with van der Waals surface area (Å²) in [6, 6.07) is 38.6. The molecule has 39 heavy (non-hydrogen) atoms. The topological polar surface area (TPSA) is 35.4 Å². The van der Waals surface area contributed by atoms with Crippen LogP contribution in [0.25, 0.3) is 77.0 Å². The third-order valence-corrected chi connectivity index (χ3v) is 8.01. The average molecular weight is 500 g/mol. The van der Waals surface area contributed by atoms with Gasteiger partial charge in [-0.15, -0.1) is 0 Å². The molecule has 5 heterocycles. The molecule has 0 amide bonds. The van der Waals surface area contributed by atoms with E-state index in [0.29, 0.717) is 0 Å². The van der Waals surface area contributed by atoms with Gasteiger partial charge >= 0.3 is 0 Å². The highest BCUT2D eigenvalue weighted by Gasteiger charge is 2.22. The molecule has 9 aromatic rings. The van der Waals surface area contributed by atoms with Gasteiger partial charge in [-0.25, -0.2) is 0 Å². The molecule has 0 aliphatic heterocycles. The van der Waals surface area contributed by atoms with Gasteiger partial charge in [-0.05, 0) is 54.1 Å². The molecule has 4 nitrogen and oxygen atoms in total. The minimum absolute atomic E-state index is 0.905. The largest absolute Gasteiger partial charge is 0.456 e. The highest BCUT2D eigenvalue weighted by Crippen LogP contribution is 2.43. The molecule has 4 aromatic carbocycles. The normalized spacial score (nSPS) is 12.1. The van der Waals surface area contributed by atoms with Crippen LogP contribution in [-0.2, 0) is 0 Å². The van der Waals surface area contributed by atoms with E-state index in [1.807, 2.05) is 30.6 Å². The van der Waals surface area contributed by atoms with Crippen LogP contribution < -0.4 is 0 Å². The zero-order chi connectivity index (χ0) is 25.5. The van der Waals surface area contributed by atoms with E-state index in [9.17, 15) is 0 Å². The van der Waals surface area contributed by atoms with Gasteiger partial charge in [-0.2, -0.15) is 0 Å². The number of hydrogen-bond donors (Lipinski definition) is 0. The first-order chi connectivity index (χ1) is 19.4. The van der Waals surface area contributed by atoms with Gasteiger partial charge in [0.2, 0.25) is 0 Å². The fraction of sp³-hybridized carbons (Fsp3) is 0. The van der Waals surface area contributed by atoms with E-state index in [1.54, 1.807) is 0 Å². The van der Waals surface area contributed by atoms with Crippen LogP contribution in [0.15, 0.2) is 132 Å². The van der Waals surface area contributed by atoms with Crippen molar-refractivity contribution in [1.29, 1.82) is 0 Å². The Kier molecular flexibility index (Phi) is 4.02. The lowest BCUT2D eigenvalue weighted by atomic mass is 9.99. The second-order valence-electron chi connectivity index (χ2n) is 10.1. The van der Waals surface area contributed by atoms with Crippen LogP contribution >= 0.6 is 0 Å². The Balaban J connectivity index is 1.51. The van der Waals surface area contributed by atoms with E-state index < -0.39 is 0 Å². The first-order valence-corrected chi connectivity index (χ1v) is 13.1. The van der Waals surface area contributed by atoms with Gasteiger partial charge in [0.15, 0.2) is 0 Å². The lowest BCUT2D eigenvalue weighted by Crippen LogP contribution is -1.96. The van der Waals surface area contributed by atoms with Gasteiger partial charge in [0.25, 0.3) is 0 Å². The van der Waals surface area contributed by atoms with Crippen molar-refractivity contribution in [3.8, 4) is 16.8 Å². The summed E-state index contributed by atoms with van der Waals surface area (Å²) in [6.07, 6.45) is 5.99. The molecule has 0 spiro atoms. The summed E-state index contributed by atoms with van der Waals surface area (Å²) in [6.45, 7) is 0. The van der Waals surface area contributed by atoms with E-state index >= 15 is 0 Å². The molecule has 0 unspecified atom stereocenters. The molecule has 182 valence electrons. The molecule has 0 fully saturated rings. The van der Waals surface area contributed by atoms with Crippen molar-refractivity contribution >= 4 is 60.2 Å². The zero-order valence-electron chi connectivity index (χ0n) is 20.9. The van der Waals surface area contributed by atoms with Crippen LogP contribution in [0, 0.1) is 0 Å². The Morgan fingerprint density at radius 3 is 2.21 bits per heavy atom. The fourth-order valence-electron chi connectivity index (χ4n) is 6.40. The fourth-order valence-corrected chi connectivity index (χ4v) is 6.40. The summed E-state index contributed by atoms with van der Waals surface area (Å²) >= 11 is 0. The standard InChI is InChI=1S/C35H21N3O/c1-5-13-30-24(9-1)26-17-19-37-29-12-4-2-11-27(29)33(35(37)34(26)38(30)23-8-7-18-36-21-23)22-15-16-32-28(20-22)25-10-3-6-14-31(25)39-32/h1-21H. The summed E-state index contributed by atoms with van der Waals surface area (Å²) in [7, 11) is 0. The minimum Gasteiger partial charge on any atom is -0.456 e. The number of nitrogens with zero attached hydrogens (tertiary/aromatic N) is 3. The van der Waals surface area contributed by atoms with E-state index in [0.717, 1.165) is 27.6 Å². The van der Waals surface area contributed by atoms with Crippen LogP contribution in [-0.4, -0.2) is 14.0 Å². The van der Waals surface area contributed by atoms with Crippen molar-refractivity contribution in [3.05, 3.63) is 128 Å². The molecule has 0 saturated carbocycles. The zero-order valence-corrected chi connectivity index (χ0v) is 20.9. The summed E-state index contributed by atoms with van der Waals surface area (Å²) in [5.74, 6) is 0. The SMILES string of the molecule is c1cncc(-n2c3ccccc3c3ccn4c5ccccc5c(-c5ccc6oc7ccccc7c6c5)c4c32)c1. The third-order valence-electron chi connectivity index (χ3n) is 8.01. The predicted octanol–water partition coefficient (Wildman–Crippen LogP) is 9.15. The Hall–Kier alpha value is -5.35. The number of hydrogen-bond acceptors (Lipinski definition) is 2. The second-order valence-corrected chi connectivity index (χ2v) is 10.1. The van der Waals surface area contributed by atoms with Crippen molar-refractivity contribution in [3.63, 3.8) is 0 Å². The number of para-hydroxylation sites is 3. The lowest BCUT2D eigenvalue weighted by Gasteiger charge is -2.10. The van der Waals surface area contributed by atoms with E-state index in [1.165, 1.54) is 49.4 Å². The minimum atomic E-state index is 0.905. The van der Waals surface area contributed by atoms with Crippen LogP contribution in [0.1, 0.15) is 0 Å². The Morgan fingerprint density at radius 2 is 1.33 bits per heavy atom. The third kappa shape index (κ3) is 2.75. The van der Waals surface area contributed by atoms with Crippen LogP contribution in [0.2, 0.25) is 0 Å². The molecular formula is C35H21N3O. The molecular weight excluding hydrogens is 478 g/mol. The van der Waals surface area contributed by atoms with E-state index in [4.69, 9.17) is 4.42 Å². The van der Waals surface area contributed by atoms with Crippen molar-refractivity contribution in [1.82, 2.24) is 14.0 Å². The van der Waals surface area contributed by atoms with Crippen molar-refractivity contribution in [2.45, 2.75) is 0 Å². The van der Waals surface area contributed by atoms with Crippen molar-refractivity contribution in [2.24, 2.45) is 0 Å². The van der Waals surface area contributed by atoms with Gasteiger partial charge in [0.05, 0.1) is 34.0 Å². The first kappa shape index (κ1) is 20.7. The monoisotopic (exact) mass is 499 g/mol. The van der Waals surface area contributed by atoms with Crippen molar-refractivity contribution in [2.75, 3.05) is 0 Å². The number of aromatic nitrogens is 3. The van der Waals surface area contributed by atoms with Gasteiger partial charge < -0.3 is 13.4 Å². The quantitative estimate of drug-likeness (QED) is 0.238.